The lowest BCUT2D eigenvalue weighted by molar-refractivity contribution is 0.394. The number of unbranched alkanes of at least 4 members (excludes halogenated alkanes) is 28. The highest BCUT2D eigenvalue weighted by Gasteiger charge is 2.50. The molecule has 0 saturated carbocycles. The van der Waals surface area contributed by atoms with Gasteiger partial charge in [0.15, 0.2) is 0 Å². The molecule has 3 aliphatic carbocycles. The summed E-state index contributed by atoms with van der Waals surface area (Å²) in [6.07, 6.45) is 50.5. The molecule has 110 heavy (non-hydrogen) atoms. The second-order valence-corrected chi connectivity index (χ2v) is 35.7. The smallest absolute Gasteiger partial charge is 0.143 e. The molecule has 14 rings (SSSR count). The third kappa shape index (κ3) is 15.9. The van der Waals surface area contributed by atoms with Crippen LogP contribution in [0.1, 0.15) is 358 Å². The largest absolute Gasteiger partial charge is 0.456 e. The summed E-state index contributed by atoms with van der Waals surface area (Å²) in [5.41, 5.74) is 29.2. The monoisotopic (exact) mass is 1470 g/mol. The SMILES string of the molecule is CCCCCCCCC1(CCCCCCCC)c2cc(N(c3ccc(C(C)(C)C)cc3)c3ccc4c(c3)C(CCCCCCC)(CCCCCCC)c3cc(-c5ccccc5)c5oc6ccccc6c5c3-4)ccc2-c2cc3c(cc21)-c1c(ccc2oc4ccccc4c12)C3(CCCCCCCC)CCCCCCCC. The Bertz CT molecular complexity index is 4780. The number of rotatable bonds is 44. The Hall–Kier alpha value is -7.62. The van der Waals surface area contributed by atoms with E-state index in [0.29, 0.717) is 0 Å². The fraction of sp³-hybridized carbons (Fsp3) is 0.495. The van der Waals surface area contributed by atoms with Crippen LogP contribution in [0.4, 0.5) is 17.1 Å². The summed E-state index contributed by atoms with van der Waals surface area (Å²) in [7, 11) is 0. The molecule has 0 aliphatic heterocycles. The number of fused-ring (bicyclic) bond motifs is 17. The summed E-state index contributed by atoms with van der Waals surface area (Å²) in [6.45, 7) is 21.3. The maximum Gasteiger partial charge on any atom is 0.143 e. The van der Waals surface area contributed by atoms with Crippen molar-refractivity contribution in [2.45, 2.75) is 341 Å². The Labute approximate surface area is 664 Å². The van der Waals surface area contributed by atoms with E-state index in [0.717, 1.165) is 48.0 Å². The van der Waals surface area contributed by atoms with Crippen LogP contribution in [-0.4, -0.2) is 0 Å². The highest BCUT2D eigenvalue weighted by molar-refractivity contribution is 6.19. The van der Waals surface area contributed by atoms with Crippen LogP contribution < -0.4 is 4.90 Å². The summed E-state index contributed by atoms with van der Waals surface area (Å²) in [5, 5.41) is 5.10. The van der Waals surface area contributed by atoms with Crippen molar-refractivity contribution in [1.82, 2.24) is 0 Å². The number of para-hydroxylation sites is 2. The minimum atomic E-state index is -0.216. The van der Waals surface area contributed by atoms with E-state index >= 15 is 0 Å². The van der Waals surface area contributed by atoms with Gasteiger partial charge in [-0.15, -0.1) is 0 Å². The Morgan fingerprint density at radius 2 is 0.645 bits per heavy atom. The normalized spacial score (nSPS) is 14.3. The molecule has 2 heterocycles. The molecular weight excluding hydrogens is 1330 g/mol. The van der Waals surface area contributed by atoms with Crippen molar-refractivity contribution in [2.24, 2.45) is 0 Å². The molecule has 0 fully saturated rings. The Morgan fingerprint density at radius 3 is 1.15 bits per heavy atom. The number of furan rings is 2. The summed E-state index contributed by atoms with van der Waals surface area (Å²) in [5.74, 6) is 0. The molecule has 0 atom stereocenters. The van der Waals surface area contributed by atoms with E-state index in [1.165, 1.54) is 331 Å². The number of anilines is 3. The average molecular weight is 1470 g/mol. The predicted octanol–water partition coefficient (Wildman–Crippen LogP) is 34.4. The molecule has 0 N–H and O–H groups in total. The van der Waals surface area contributed by atoms with E-state index in [4.69, 9.17) is 8.83 Å². The van der Waals surface area contributed by atoms with Crippen LogP contribution >= 0.6 is 0 Å². The maximum atomic E-state index is 7.20. The maximum absolute atomic E-state index is 7.20. The molecule has 3 aliphatic rings. The van der Waals surface area contributed by atoms with E-state index in [1.54, 1.807) is 22.3 Å². The lowest BCUT2D eigenvalue weighted by Crippen LogP contribution is -2.27. The summed E-state index contributed by atoms with van der Waals surface area (Å²) < 4.78 is 14.2. The Morgan fingerprint density at radius 1 is 0.273 bits per heavy atom. The molecule has 0 saturated heterocycles. The van der Waals surface area contributed by atoms with Crippen LogP contribution in [0.25, 0.3) is 88.4 Å². The third-order valence-electron chi connectivity index (χ3n) is 27.1. The quantitative estimate of drug-likeness (QED) is 0.0357. The molecule has 580 valence electrons. The van der Waals surface area contributed by atoms with Gasteiger partial charge in [0.05, 0.1) is 0 Å². The van der Waals surface area contributed by atoms with E-state index in [1.807, 2.05) is 0 Å². The van der Waals surface area contributed by atoms with Crippen molar-refractivity contribution in [2.75, 3.05) is 4.90 Å². The zero-order valence-corrected chi connectivity index (χ0v) is 69.7. The van der Waals surface area contributed by atoms with Crippen molar-refractivity contribution in [3.63, 3.8) is 0 Å². The number of nitrogens with zero attached hydrogens (tertiary/aromatic N) is 1. The lowest BCUT2D eigenvalue weighted by Gasteiger charge is -2.36. The number of benzene rings is 9. The summed E-state index contributed by atoms with van der Waals surface area (Å²) >= 11 is 0. The van der Waals surface area contributed by atoms with E-state index in [-0.39, 0.29) is 21.7 Å². The van der Waals surface area contributed by atoms with E-state index in [9.17, 15) is 0 Å². The van der Waals surface area contributed by atoms with Crippen LogP contribution in [0, 0.1) is 0 Å². The molecular formula is C107H135NO2. The fourth-order valence-corrected chi connectivity index (χ4v) is 21.2. The first-order valence-electron chi connectivity index (χ1n) is 45.4. The lowest BCUT2D eigenvalue weighted by atomic mass is 9.68. The first-order valence-corrected chi connectivity index (χ1v) is 45.4. The Balaban J connectivity index is 1.01. The first kappa shape index (κ1) is 79.0. The van der Waals surface area contributed by atoms with Gasteiger partial charge < -0.3 is 13.7 Å². The molecule has 0 radical (unpaired) electrons. The summed E-state index contributed by atoms with van der Waals surface area (Å²) in [6, 6.07) is 68.3. The van der Waals surface area contributed by atoms with Gasteiger partial charge in [-0.05, 0) is 195 Å². The van der Waals surface area contributed by atoms with Crippen molar-refractivity contribution in [1.29, 1.82) is 0 Å². The standard InChI is InChI=1S/C107H135NO2/c1-10-16-22-28-34-47-67-105(68-48-35-29-23-17-11-2)90-65-66-98-101(85-53-41-43-55-96(85)109-98)100(90)89-77-93-88(76-94(89)105)83-63-61-81(73-91(83)106(93,69-49-36-30-24-18-12-3)70-50-37-31-25-19-13-4)108(80-59-57-79(58-60-80)104(7,8)9)82-62-64-84-92(74-82)107(71-45-32-26-20-14-5,72-46-33-27-21-15-6)95-75-87(78-51-39-38-40-52-78)103-102(99(84)95)86-54-42-44-56-97(86)110-103/h38-44,51-66,73-77H,10-37,45-50,67-72H2,1-9H3. The van der Waals surface area contributed by atoms with Gasteiger partial charge in [0.1, 0.15) is 22.3 Å². The number of hydrogen-bond acceptors (Lipinski definition) is 3. The highest BCUT2D eigenvalue weighted by atomic mass is 16.3. The second-order valence-electron chi connectivity index (χ2n) is 35.7. The van der Waals surface area contributed by atoms with E-state index in [2.05, 4.69) is 237 Å². The van der Waals surface area contributed by atoms with E-state index < -0.39 is 0 Å². The van der Waals surface area contributed by atoms with Crippen LogP contribution in [0.2, 0.25) is 0 Å². The van der Waals surface area contributed by atoms with Gasteiger partial charge in [0.2, 0.25) is 0 Å². The molecule has 0 bridgehead atoms. The van der Waals surface area contributed by atoms with Gasteiger partial charge in [-0.3, -0.25) is 0 Å². The number of hydrogen-bond donors (Lipinski definition) is 0. The van der Waals surface area contributed by atoms with Crippen LogP contribution in [0.5, 0.6) is 0 Å². The topological polar surface area (TPSA) is 29.5 Å². The van der Waals surface area contributed by atoms with Gasteiger partial charge in [-0.1, -0.05) is 378 Å². The minimum absolute atomic E-state index is 0.00191. The second kappa shape index (κ2) is 36.5. The van der Waals surface area contributed by atoms with Crippen molar-refractivity contribution in [3.05, 3.63) is 209 Å². The minimum Gasteiger partial charge on any atom is -0.456 e. The zero-order valence-electron chi connectivity index (χ0n) is 69.7. The van der Waals surface area contributed by atoms with Gasteiger partial charge in [-0.25, -0.2) is 0 Å². The van der Waals surface area contributed by atoms with Gasteiger partial charge in [0, 0.05) is 60.4 Å². The van der Waals surface area contributed by atoms with Gasteiger partial charge in [-0.2, -0.15) is 0 Å². The molecule has 11 aromatic rings. The van der Waals surface area contributed by atoms with Crippen LogP contribution in [-0.2, 0) is 21.7 Å². The van der Waals surface area contributed by atoms with Crippen molar-refractivity contribution >= 4 is 60.9 Å². The summed E-state index contributed by atoms with van der Waals surface area (Å²) in [4.78, 5) is 2.73. The molecule has 9 aromatic carbocycles. The first-order chi connectivity index (χ1) is 54.0. The average Bonchev–Trinajstić information content (AvgIpc) is 1.52. The molecule has 0 amide bonds. The van der Waals surface area contributed by atoms with Crippen molar-refractivity contribution < 1.29 is 8.83 Å². The molecule has 3 nitrogen and oxygen atoms in total. The third-order valence-corrected chi connectivity index (χ3v) is 27.1. The van der Waals surface area contributed by atoms with Crippen LogP contribution in [0.15, 0.2) is 179 Å². The van der Waals surface area contributed by atoms with Crippen LogP contribution in [0.3, 0.4) is 0 Å². The van der Waals surface area contributed by atoms with Gasteiger partial charge in [0.25, 0.3) is 0 Å². The van der Waals surface area contributed by atoms with Crippen molar-refractivity contribution in [3.8, 4) is 44.5 Å². The molecule has 0 unspecified atom stereocenters. The predicted molar refractivity (Wildman–Crippen MR) is 477 cm³/mol. The zero-order chi connectivity index (χ0) is 76.1. The highest BCUT2D eigenvalue weighted by Crippen LogP contribution is 2.65. The fourth-order valence-electron chi connectivity index (χ4n) is 21.2. The molecule has 3 heteroatoms. The molecule has 0 spiro atoms. The van der Waals surface area contributed by atoms with Gasteiger partial charge >= 0.3 is 0 Å². The molecule has 2 aromatic heterocycles. The Kier molecular flexibility index (Phi) is 26.2.